The van der Waals surface area contributed by atoms with E-state index in [0.29, 0.717) is 21.7 Å². The second kappa shape index (κ2) is 6.20. The number of methoxy groups -OCH3 is 1. The Bertz CT molecular complexity index is 920. The Kier molecular flexibility index (Phi) is 4.24. The standard InChI is InChI=1S/C17H15ClFN3O2/c1-9(2)15-14-12(18)8-13(17(23)24-3)20-16(14)22(21-15)11-6-4-10(19)5-7-11/h4-9H,1-3H3. The Morgan fingerprint density at radius 1 is 1.29 bits per heavy atom. The topological polar surface area (TPSA) is 57.0 Å². The highest BCUT2D eigenvalue weighted by Gasteiger charge is 2.21. The van der Waals surface area contributed by atoms with Crippen LogP contribution in [0.5, 0.6) is 0 Å². The molecular formula is C17H15ClFN3O2. The molecule has 0 fully saturated rings. The van der Waals surface area contributed by atoms with E-state index in [1.165, 1.54) is 25.3 Å². The normalized spacial score (nSPS) is 11.2. The van der Waals surface area contributed by atoms with Gasteiger partial charge in [-0.3, -0.25) is 0 Å². The zero-order valence-electron chi connectivity index (χ0n) is 13.4. The number of pyridine rings is 1. The number of esters is 1. The van der Waals surface area contributed by atoms with E-state index in [1.807, 2.05) is 13.8 Å². The Morgan fingerprint density at radius 2 is 1.96 bits per heavy atom. The van der Waals surface area contributed by atoms with E-state index in [1.54, 1.807) is 16.8 Å². The summed E-state index contributed by atoms with van der Waals surface area (Å²) in [6.07, 6.45) is 0. The first-order valence-electron chi connectivity index (χ1n) is 7.35. The monoisotopic (exact) mass is 347 g/mol. The van der Waals surface area contributed by atoms with Crippen LogP contribution in [0.3, 0.4) is 0 Å². The summed E-state index contributed by atoms with van der Waals surface area (Å²) in [5, 5.41) is 5.61. The van der Waals surface area contributed by atoms with Crippen LogP contribution in [-0.2, 0) is 4.74 Å². The Hall–Kier alpha value is -2.47. The first kappa shape index (κ1) is 16.4. The van der Waals surface area contributed by atoms with Gasteiger partial charge in [-0.25, -0.2) is 18.9 Å². The number of fused-ring (bicyclic) bond motifs is 1. The molecule has 0 bridgehead atoms. The summed E-state index contributed by atoms with van der Waals surface area (Å²) in [4.78, 5) is 16.2. The maximum Gasteiger partial charge on any atom is 0.356 e. The first-order chi connectivity index (χ1) is 11.4. The summed E-state index contributed by atoms with van der Waals surface area (Å²) in [6, 6.07) is 7.32. The molecule has 0 spiro atoms. The van der Waals surface area contributed by atoms with Gasteiger partial charge in [0.05, 0.1) is 28.9 Å². The lowest BCUT2D eigenvalue weighted by molar-refractivity contribution is 0.0594. The van der Waals surface area contributed by atoms with Crippen molar-refractivity contribution in [2.24, 2.45) is 0 Å². The molecule has 5 nitrogen and oxygen atoms in total. The van der Waals surface area contributed by atoms with Crippen molar-refractivity contribution in [3.63, 3.8) is 0 Å². The number of rotatable bonds is 3. The van der Waals surface area contributed by atoms with Crippen molar-refractivity contribution in [1.82, 2.24) is 14.8 Å². The number of nitrogens with zero attached hydrogens (tertiary/aromatic N) is 3. The number of ether oxygens (including phenoxy) is 1. The van der Waals surface area contributed by atoms with Crippen molar-refractivity contribution in [3.05, 3.63) is 52.6 Å². The zero-order chi connectivity index (χ0) is 17.4. The molecule has 0 aliphatic carbocycles. The van der Waals surface area contributed by atoms with E-state index in [0.717, 1.165) is 5.69 Å². The molecule has 0 radical (unpaired) electrons. The quantitative estimate of drug-likeness (QED) is 0.669. The maximum atomic E-state index is 13.2. The zero-order valence-corrected chi connectivity index (χ0v) is 14.1. The van der Waals surface area contributed by atoms with Crippen LogP contribution in [0.15, 0.2) is 30.3 Å². The van der Waals surface area contributed by atoms with Gasteiger partial charge in [-0.05, 0) is 36.2 Å². The van der Waals surface area contributed by atoms with Crippen LogP contribution in [0.1, 0.15) is 35.9 Å². The highest BCUT2D eigenvalue weighted by atomic mass is 35.5. The lowest BCUT2D eigenvalue weighted by Gasteiger charge is -2.05. The third-order valence-electron chi connectivity index (χ3n) is 3.63. The van der Waals surface area contributed by atoms with Crippen LogP contribution < -0.4 is 0 Å². The third kappa shape index (κ3) is 2.73. The minimum atomic E-state index is -0.586. The van der Waals surface area contributed by atoms with Crippen molar-refractivity contribution in [2.45, 2.75) is 19.8 Å². The van der Waals surface area contributed by atoms with Crippen LogP contribution in [0, 0.1) is 5.82 Å². The van der Waals surface area contributed by atoms with Gasteiger partial charge < -0.3 is 4.74 Å². The molecule has 24 heavy (non-hydrogen) atoms. The van der Waals surface area contributed by atoms with Gasteiger partial charge in [0.25, 0.3) is 0 Å². The van der Waals surface area contributed by atoms with Crippen molar-refractivity contribution in [1.29, 1.82) is 0 Å². The van der Waals surface area contributed by atoms with Gasteiger partial charge in [-0.2, -0.15) is 5.10 Å². The smallest absolute Gasteiger partial charge is 0.356 e. The largest absolute Gasteiger partial charge is 0.464 e. The molecule has 0 saturated carbocycles. The van der Waals surface area contributed by atoms with Gasteiger partial charge in [-0.15, -0.1) is 0 Å². The van der Waals surface area contributed by atoms with E-state index in [4.69, 9.17) is 16.3 Å². The summed E-state index contributed by atoms with van der Waals surface area (Å²) in [5.41, 5.74) is 1.90. The maximum absolute atomic E-state index is 13.2. The van der Waals surface area contributed by atoms with Gasteiger partial charge in [0.1, 0.15) is 5.82 Å². The SMILES string of the molecule is COC(=O)c1cc(Cl)c2c(C(C)C)nn(-c3ccc(F)cc3)c2n1. The Labute approximate surface area is 143 Å². The Morgan fingerprint density at radius 3 is 2.54 bits per heavy atom. The van der Waals surface area contributed by atoms with E-state index in [2.05, 4.69) is 10.1 Å². The number of hydrogen-bond acceptors (Lipinski definition) is 4. The lowest BCUT2D eigenvalue weighted by atomic mass is 10.1. The molecule has 3 aromatic rings. The van der Waals surface area contributed by atoms with Crippen LogP contribution in [0.2, 0.25) is 5.02 Å². The molecule has 124 valence electrons. The fraction of sp³-hybridized carbons (Fsp3) is 0.235. The molecule has 0 aliphatic heterocycles. The molecule has 7 heteroatoms. The van der Waals surface area contributed by atoms with E-state index >= 15 is 0 Å². The van der Waals surface area contributed by atoms with E-state index in [-0.39, 0.29) is 17.4 Å². The number of carbonyl (C=O) groups excluding carboxylic acids is 1. The lowest BCUT2D eigenvalue weighted by Crippen LogP contribution is -2.06. The Balaban J connectivity index is 2.33. The van der Waals surface area contributed by atoms with Gasteiger partial charge in [0.15, 0.2) is 11.3 Å². The fourth-order valence-electron chi connectivity index (χ4n) is 2.47. The van der Waals surface area contributed by atoms with Gasteiger partial charge in [0, 0.05) is 0 Å². The predicted molar refractivity (Wildman–Crippen MR) is 89.3 cm³/mol. The number of halogens is 2. The van der Waals surface area contributed by atoms with Gasteiger partial charge in [-0.1, -0.05) is 25.4 Å². The fourth-order valence-corrected chi connectivity index (χ4v) is 2.76. The number of carbonyl (C=O) groups is 1. The molecule has 0 saturated heterocycles. The highest BCUT2D eigenvalue weighted by Crippen LogP contribution is 2.32. The summed E-state index contributed by atoms with van der Waals surface area (Å²) in [7, 11) is 1.28. The second-order valence-electron chi connectivity index (χ2n) is 5.61. The minimum Gasteiger partial charge on any atom is -0.464 e. The third-order valence-corrected chi connectivity index (χ3v) is 3.93. The molecule has 0 atom stereocenters. The first-order valence-corrected chi connectivity index (χ1v) is 7.73. The predicted octanol–water partition coefficient (Wildman–Crippen LogP) is 4.12. The highest BCUT2D eigenvalue weighted by molar-refractivity contribution is 6.35. The average molecular weight is 348 g/mol. The van der Waals surface area contributed by atoms with Crippen LogP contribution in [-0.4, -0.2) is 27.8 Å². The molecule has 0 N–H and O–H groups in total. The summed E-state index contributed by atoms with van der Waals surface area (Å²) >= 11 is 6.38. The molecular weight excluding hydrogens is 333 g/mol. The van der Waals surface area contributed by atoms with Crippen LogP contribution >= 0.6 is 11.6 Å². The molecule has 2 heterocycles. The van der Waals surface area contributed by atoms with Crippen molar-refractivity contribution in [2.75, 3.05) is 7.11 Å². The summed E-state index contributed by atoms with van der Waals surface area (Å²) in [6.45, 7) is 3.97. The molecule has 0 unspecified atom stereocenters. The molecule has 1 aromatic carbocycles. The summed E-state index contributed by atoms with van der Waals surface area (Å²) < 4.78 is 19.5. The molecule has 0 amide bonds. The average Bonchev–Trinajstić information content (AvgIpc) is 2.95. The van der Waals surface area contributed by atoms with Crippen molar-refractivity contribution < 1.29 is 13.9 Å². The van der Waals surface area contributed by atoms with Crippen molar-refractivity contribution in [3.8, 4) is 5.69 Å². The molecule has 0 aliphatic rings. The number of hydrogen-bond donors (Lipinski definition) is 0. The van der Waals surface area contributed by atoms with Crippen LogP contribution in [0.4, 0.5) is 4.39 Å². The summed E-state index contributed by atoms with van der Waals surface area (Å²) in [5.74, 6) is -0.838. The van der Waals surface area contributed by atoms with E-state index < -0.39 is 5.97 Å². The number of benzene rings is 1. The number of aromatic nitrogens is 3. The van der Waals surface area contributed by atoms with Gasteiger partial charge >= 0.3 is 5.97 Å². The second-order valence-corrected chi connectivity index (χ2v) is 6.01. The van der Waals surface area contributed by atoms with Crippen LogP contribution in [0.25, 0.3) is 16.7 Å². The van der Waals surface area contributed by atoms with E-state index in [9.17, 15) is 9.18 Å². The molecule has 2 aromatic heterocycles. The van der Waals surface area contributed by atoms with Gasteiger partial charge in [0.2, 0.25) is 0 Å². The minimum absolute atomic E-state index is 0.0913. The molecule has 3 rings (SSSR count). The van der Waals surface area contributed by atoms with Crippen molar-refractivity contribution >= 4 is 28.6 Å².